The Morgan fingerprint density at radius 1 is 1.17 bits per heavy atom. The molecule has 24 heavy (non-hydrogen) atoms. The lowest BCUT2D eigenvalue weighted by Crippen LogP contribution is -2.15. The van der Waals surface area contributed by atoms with Crippen LogP contribution in [-0.4, -0.2) is 27.6 Å². The van der Waals surface area contributed by atoms with Gasteiger partial charge in [0, 0.05) is 6.54 Å². The fraction of sp³-hybridized carbons (Fsp3) is 0.118. The molecule has 0 amide bonds. The van der Waals surface area contributed by atoms with Gasteiger partial charge in [0.25, 0.3) is 0 Å². The number of nitrogens with zero attached hydrogens (tertiary/aromatic N) is 2. The van der Waals surface area contributed by atoms with E-state index in [1.807, 2.05) is 30.3 Å². The van der Waals surface area contributed by atoms with E-state index in [-0.39, 0.29) is 23.0 Å². The molecular formula is C17H16N4O3. The molecule has 4 N–H and O–H groups in total. The number of carbonyl (C=O) groups is 1. The molecule has 2 aromatic heterocycles. The lowest BCUT2D eigenvalue weighted by atomic mass is 10.1. The average molecular weight is 324 g/mol. The Kier molecular flexibility index (Phi) is 4.42. The lowest BCUT2D eigenvalue weighted by molar-refractivity contribution is 0.0698. The molecule has 0 saturated heterocycles. The molecule has 7 heteroatoms. The Labute approximate surface area is 138 Å². The summed E-state index contributed by atoms with van der Waals surface area (Å²) in [7, 11) is 0. The number of nitrogens with one attached hydrogen (secondary N) is 1. The molecule has 2 heterocycles. The van der Waals surface area contributed by atoms with Crippen LogP contribution in [0.2, 0.25) is 0 Å². The minimum Gasteiger partial charge on any atom is -0.477 e. The molecule has 0 unspecified atom stereocenters. The van der Waals surface area contributed by atoms with E-state index < -0.39 is 5.97 Å². The summed E-state index contributed by atoms with van der Waals surface area (Å²) < 4.78 is 5.26. The molecule has 0 radical (unpaired) electrons. The Morgan fingerprint density at radius 2 is 1.96 bits per heavy atom. The number of nitrogens with two attached hydrogens (primary N) is 1. The second kappa shape index (κ2) is 6.82. The first-order valence-corrected chi connectivity index (χ1v) is 7.37. The van der Waals surface area contributed by atoms with E-state index in [1.54, 1.807) is 12.1 Å². The number of carboxylic acid groups (broad SMARTS) is 1. The number of nitrogen functional groups attached to an aromatic ring is 1. The van der Waals surface area contributed by atoms with Gasteiger partial charge in [0.2, 0.25) is 5.95 Å². The highest BCUT2D eigenvalue weighted by molar-refractivity contribution is 5.99. The summed E-state index contributed by atoms with van der Waals surface area (Å²) in [6.45, 7) is 0.512. The van der Waals surface area contributed by atoms with Crippen LogP contribution in [0.1, 0.15) is 15.9 Å². The Hall–Kier alpha value is -3.35. The highest BCUT2D eigenvalue weighted by Gasteiger charge is 2.22. The van der Waals surface area contributed by atoms with Crippen LogP contribution in [0.25, 0.3) is 11.5 Å². The Morgan fingerprint density at radius 3 is 2.62 bits per heavy atom. The van der Waals surface area contributed by atoms with Crippen LogP contribution < -0.4 is 11.1 Å². The molecule has 122 valence electrons. The first kappa shape index (κ1) is 15.5. The Bertz CT molecular complexity index is 833. The number of furan rings is 1. The van der Waals surface area contributed by atoms with Crippen LogP contribution in [0.5, 0.6) is 0 Å². The van der Waals surface area contributed by atoms with E-state index >= 15 is 0 Å². The summed E-state index contributed by atoms with van der Waals surface area (Å²) in [6.07, 6.45) is 2.17. The quantitative estimate of drug-likeness (QED) is 0.638. The molecule has 3 rings (SSSR count). The maximum atomic E-state index is 11.7. The van der Waals surface area contributed by atoms with Gasteiger partial charge in [-0.05, 0) is 24.1 Å². The molecule has 7 nitrogen and oxygen atoms in total. The van der Waals surface area contributed by atoms with Gasteiger partial charge in [-0.15, -0.1) is 0 Å². The van der Waals surface area contributed by atoms with Gasteiger partial charge in [0.1, 0.15) is 17.1 Å². The normalized spacial score (nSPS) is 10.5. The van der Waals surface area contributed by atoms with Crippen molar-refractivity contribution in [2.75, 3.05) is 17.6 Å². The summed E-state index contributed by atoms with van der Waals surface area (Å²) in [6, 6.07) is 13.1. The van der Waals surface area contributed by atoms with Crippen molar-refractivity contribution in [1.29, 1.82) is 0 Å². The molecule has 0 fully saturated rings. The summed E-state index contributed by atoms with van der Waals surface area (Å²) in [5.74, 6) is -0.665. The third-order valence-corrected chi connectivity index (χ3v) is 3.44. The van der Waals surface area contributed by atoms with Gasteiger partial charge in [0.05, 0.1) is 6.26 Å². The number of hydrogen-bond donors (Lipinski definition) is 3. The minimum absolute atomic E-state index is 0.0198. The molecule has 0 bridgehead atoms. The minimum atomic E-state index is -1.15. The molecular weight excluding hydrogens is 308 g/mol. The first-order valence-electron chi connectivity index (χ1n) is 7.37. The third-order valence-electron chi connectivity index (χ3n) is 3.44. The zero-order valence-corrected chi connectivity index (χ0v) is 12.8. The topological polar surface area (TPSA) is 114 Å². The molecule has 0 spiro atoms. The van der Waals surface area contributed by atoms with Crippen molar-refractivity contribution in [2.45, 2.75) is 6.42 Å². The predicted molar refractivity (Wildman–Crippen MR) is 89.7 cm³/mol. The smallest absolute Gasteiger partial charge is 0.341 e. The third kappa shape index (κ3) is 3.35. The average Bonchev–Trinajstić information content (AvgIpc) is 3.09. The Balaban J connectivity index is 1.88. The molecule has 1 aromatic carbocycles. The largest absolute Gasteiger partial charge is 0.477 e. The second-order valence-electron chi connectivity index (χ2n) is 5.10. The number of anilines is 2. The van der Waals surface area contributed by atoms with Crippen molar-refractivity contribution in [3.63, 3.8) is 0 Å². The van der Waals surface area contributed by atoms with Crippen LogP contribution in [0.4, 0.5) is 11.8 Å². The van der Waals surface area contributed by atoms with Crippen molar-refractivity contribution in [1.82, 2.24) is 9.97 Å². The van der Waals surface area contributed by atoms with Gasteiger partial charge >= 0.3 is 5.97 Å². The number of aromatic nitrogens is 2. The van der Waals surface area contributed by atoms with Crippen molar-refractivity contribution >= 4 is 17.7 Å². The highest BCUT2D eigenvalue weighted by Crippen LogP contribution is 2.27. The number of carboxylic acids is 1. The van der Waals surface area contributed by atoms with Crippen LogP contribution in [0.15, 0.2) is 53.1 Å². The number of rotatable bonds is 6. The maximum absolute atomic E-state index is 11.7. The fourth-order valence-electron chi connectivity index (χ4n) is 2.37. The summed E-state index contributed by atoms with van der Waals surface area (Å²) in [5, 5.41) is 12.6. The van der Waals surface area contributed by atoms with E-state index in [0.717, 1.165) is 12.0 Å². The van der Waals surface area contributed by atoms with Crippen molar-refractivity contribution in [3.8, 4) is 11.5 Å². The van der Waals surface area contributed by atoms with Gasteiger partial charge in [-0.3, -0.25) is 0 Å². The molecule has 3 aromatic rings. The zero-order chi connectivity index (χ0) is 16.9. The molecule has 0 aliphatic carbocycles. The van der Waals surface area contributed by atoms with E-state index in [2.05, 4.69) is 15.3 Å². The van der Waals surface area contributed by atoms with Gasteiger partial charge < -0.3 is 20.6 Å². The molecule has 0 atom stereocenters. The van der Waals surface area contributed by atoms with Crippen LogP contribution in [0, 0.1) is 0 Å². The monoisotopic (exact) mass is 324 g/mol. The van der Waals surface area contributed by atoms with Crippen molar-refractivity contribution in [2.24, 2.45) is 0 Å². The summed E-state index contributed by atoms with van der Waals surface area (Å²) in [4.78, 5) is 19.7. The van der Waals surface area contributed by atoms with Crippen LogP contribution in [0.3, 0.4) is 0 Å². The van der Waals surface area contributed by atoms with E-state index in [4.69, 9.17) is 10.2 Å². The summed E-state index contributed by atoms with van der Waals surface area (Å²) in [5.41, 5.74) is 6.95. The van der Waals surface area contributed by atoms with Gasteiger partial charge in [-0.1, -0.05) is 30.3 Å². The molecule has 0 saturated carbocycles. The maximum Gasteiger partial charge on any atom is 0.341 e. The lowest BCUT2D eigenvalue weighted by Gasteiger charge is -2.12. The standard InChI is InChI=1S/C17H16N4O3/c18-17-20-14(12-7-4-10-24-12)13(16(22)23)15(21-17)19-9-8-11-5-2-1-3-6-11/h1-7,10H,8-9H2,(H,22,23)(H3,18,19,20,21). The van der Waals surface area contributed by atoms with Gasteiger partial charge in [-0.2, -0.15) is 4.98 Å². The number of benzene rings is 1. The van der Waals surface area contributed by atoms with Crippen LogP contribution >= 0.6 is 0 Å². The first-order chi connectivity index (χ1) is 11.6. The molecule has 0 aliphatic rings. The van der Waals surface area contributed by atoms with Crippen molar-refractivity contribution in [3.05, 3.63) is 59.9 Å². The van der Waals surface area contributed by atoms with Gasteiger partial charge in [0.15, 0.2) is 5.76 Å². The van der Waals surface area contributed by atoms with Gasteiger partial charge in [-0.25, -0.2) is 9.78 Å². The SMILES string of the molecule is Nc1nc(NCCc2ccccc2)c(C(=O)O)c(-c2ccco2)n1. The van der Waals surface area contributed by atoms with E-state index in [0.29, 0.717) is 12.3 Å². The van der Waals surface area contributed by atoms with Crippen molar-refractivity contribution < 1.29 is 14.3 Å². The molecule has 0 aliphatic heterocycles. The second-order valence-corrected chi connectivity index (χ2v) is 5.10. The van der Waals surface area contributed by atoms with E-state index in [1.165, 1.54) is 6.26 Å². The predicted octanol–water partition coefficient (Wildman–Crippen LogP) is 2.67. The summed E-state index contributed by atoms with van der Waals surface area (Å²) >= 11 is 0. The highest BCUT2D eigenvalue weighted by atomic mass is 16.4. The fourth-order valence-corrected chi connectivity index (χ4v) is 2.37. The van der Waals surface area contributed by atoms with Crippen LogP contribution in [-0.2, 0) is 6.42 Å². The van der Waals surface area contributed by atoms with E-state index in [9.17, 15) is 9.90 Å². The zero-order valence-electron chi connectivity index (χ0n) is 12.8. The number of hydrogen-bond acceptors (Lipinski definition) is 6. The number of aromatic carboxylic acids is 1.